The van der Waals surface area contributed by atoms with Crippen molar-refractivity contribution in [3.8, 4) is 5.75 Å². The second-order valence-corrected chi connectivity index (χ2v) is 5.58. The number of ether oxygens (including phenoxy) is 2. The summed E-state index contributed by atoms with van der Waals surface area (Å²) in [6, 6.07) is 8.30. The molecule has 0 spiro atoms. The molecular weight excluding hydrogens is 254 g/mol. The number of methoxy groups -OCH3 is 1. The van der Waals surface area contributed by atoms with Gasteiger partial charge < -0.3 is 14.6 Å². The Bertz CT molecular complexity index is 422. The highest BCUT2D eigenvalue weighted by atomic mass is 16.5. The lowest BCUT2D eigenvalue weighted by Crippen LogP contribution is -2.50. The molecule has 1 N–H and O–H groups in total. The standard InChI is InChI=1S/C16H25NO3/c1-12(2)17-8-9-20-16(11-17)14(18)10-13-6-4-5-7-15(13)19-3/h4-7,12,14,16,18H,8-11H2,1-3H3. The number of benzene rings is 1. The zero-order valence-electron chi connectivity index (χ0n) is 12.6. The van der Waals surface area contributed by atoms with Crippen molar-refractivity contribution in [2.24, 2.45) is 0 Å². The molecule has 1 saturated heterocycles. The first kappa shape index (κ1) is 15.3. The second-order valence-electron chi connectivity index (χ2n) is 5.58. The summed E-state index contributed by atoms with van der Waals surface area (Å²) >= 11 is 0. The summed E-state index contributed by atoms with van der Waals surface area (Å²) in [6.07, 6.45) is -0.0791. The van der Waals surface area contributed by atoms with Crippen molar-refractivity contribution in [1.29, 1.82) is 0 Å². The van der Waals surface area contributed by atoms with E-state index in [2.05, 4.69) is 18.7 Å². The zero-order chi connectivity index (χ0) is 14.5. The maximum absolute atomic E-state index is 10.4. The molecule has 0 aliphatic carbocycles. The third-order valence-electron chi connectivity index (χ3n) is 3.91. The van der Waals surface area contributed by atoms with E-state index in [0.717, 1.165) is 24.4 Å². The SMILES string of the molecule is COc1ccccc1CC(O)C1CN(C(C)C)CCO1. The fourth-order valence-corrected chi connectivity index (χ4v) is 2.63. The van der Waals surface area contributed by atoms with E-state index >= 15 is 0 Å². The van der Waals surface area contributed by atoms with Crippen LogP contribution < -0.4 is 4.74 Å². The Morgan fingerprint density at radius 3 is 2.85 bits per heavy atom. The zero-order valence-corrected chi connectivity index (χ0v) is 12.6. The first-order valence-electron chi connectivity index (χ1n) is 7.27. The van der Waals surface area contributed by atoms with Crippen LogP contribution in [0.25, 0.3) is 0 Å². The quantitative estimate of drug-likeness (QED) is 0.891. The molecule has 1 aliphatic rings. The molecule has 20 heavy (non-hydrogen) atoms. The number of nitrogens with zero attached hydrogens (tertiary/aromatic N) is 1. The van der Waals surface area contributed by atoms with Gasteiger partial charge in [0.25, 0.3) is 0 Å². The van der Waals surface area contributed by atoms with E-state index in [1.165, 1.54) is 0 Å². The van der Waals surface area contributed by atoms with Crippen LogP contribution in [0.4, 0.5) is 0 Å². The van der Waals surface area contributed by atoms with Crippen LogP contribution >= 0.6 is 0 Å². The molecule has 1 heterocycles. The molecule has 1 aromatic rings. The predicted octanol–water partition coefficient (Wildman–Crippen LogP) is 1.71. The summed E-state index contributed by atoms with van der Waals surface area (Å²) in [4.78, 5) is 2.35. The Hall–Kier alpha value is -1.10. The Kier molecular flexibility index (Phi) is 5.40. The van der Waals surface area contributed by atoms with Gasteiger partial charge in [-0.1, -0.05) is 18.2 Å². The number of hydrogen-bond donors (Lipinski definition) is 1. The average molecular weight is 279 g/mol. The van der Waals surface area contributed by atoms with Gasteiger partial charge in [-0.05, 0) is 25.5 Å². The summed E-state index contributed by atoms with van der Waals surface area (Å²) in [5, 5.41) is 10.4. The van der Waals surface area contributed by atoms with Gasteiger partial charge in [-0.25, -0.2) is 0 Å². The van der Waals surface area contributed by atoms with Crippen molar-refractivity contribution >= 4 is 0 Å². The van der Waals surface area contributed by atoms with Crippen molar-refractivity contribution in [1.82, 2.24) is 4.90 Å². The van der Waals surface area contributed by atoms with E-state index in [1.54, 1.807) is 7.11 Å². The van der Waals surface area contributed by atoms with Crippen LogP contribution in [-0.4, -0.2) is 55.1 Å². The van der Waals surface area contributed by atoms with E-state index in [-0.39, 0.29) is 6.10 Å². The van der Waals surface area contributed by atoms with E-state index in [1.807, 2.05) is 24.3 Å². The molecule has 1 fully saturated rings. The molecule has 112 valence electrons. The summed E-state index contributed by atoms with van der Waals surface area (Å²) in [5.41, 5.74) is 1.02. The Balaban J connectivity index is 1.99. The van der Waals surface area contributed by atoms with Crippen molar-refractivity contribution < 1.29 is 14.6 Å². The maximum atomic E-state index is 10.4. The molecule has 1 aromatic carbocycles. The average Bonchev–Trinajstić information content (AvgIpc) is 2.48. The van der Waals surface area contributed by atoms with Crippen molar-refractivity contribution in [3.63, 3.8) is 0 Å². The first-order chi connectivity index (χ1) is 9.61. The molecule has 0 saturated carbocycles. The molecule has 4 heteroatoms. The van der Waals surface area contributed by atoms with Crippen LogP contribution in [0.3, 0.4) is 0 Å². The Morgan fingerprint density at radius 2 is 2.15 bits per heavy atom. The summed E-state index contributed by atoms with van der Waals surface area (Å²) in [6.45, 7) is 6.76. The topological polar surface area (TPSA) is 41.9 Å². The van der Waals surface area contributed by atoms with Gasteiger partial charge in [0.2, 0.25) is 0 Å². The van der Waals surface area contributed by atoms with Gasteiger partial charge in [0.05, 0.1) is 25.9 Å². The number of rotatable bonds is 5. The van der Waals surface area contributed by atoms with Crippen LogP contribution in [-0.2, 0) is 11.2 Å². The van der Waals surface area contributed by atoms with Crippen molar-refractivity contribution in [3.05, 3.63) is 29.8 Å². The van der Waals surface area contributed by atoms with Crippen LogP contribution in [0.15, 0.2) is 24.3 Å². The monoisotopic (exact) mass is 279 g/mol. The normalized spacial score (nSPS) is 21.9. The minimum Gasteiger partial charge on any atom is -0.496 e. The van der Waals surface area contributed by atoms with E-state index in [4.69, 9.17) is 9.47 Å². The molecule has 4 nitrogen and oxygen atoms in total. The van der Waals surface area contributed by atoms with Gasteiger partial charge in [0, 0.05) is 25.6 Å². The van der Waals surface area contributed by atoms with Crippen LogP contribution in [0.1, 0.15) is 19.4 Å². The highest BCUT2D eigenvalue weighted by molar-refractivity contribution is 5.33. The van der Waals surface area contributed by atoms with Gasteiger partial charge in [0.1, 0.15) is 5.75 Å². The second kappa shape index (κ2) is 7.07. The lowest BCUT2D eigenvalue weighted by molar-refractivity contribution is -0.0941. The van der Waals surface area contributed by atoms with Crippen LogP contribution in [0.2, 0.25) is 0 Å². The van der Waals surface area contributed by atoms with Gasteiger partial charge in [-0.3, -0.25) is 4.90 Å². The third-order valence-corrected chi connectivity index (χ3v) is 3.91. The molecule has 2 rings (SSSR count). The number of para-hydroxylation sites is 1. The highest BCUT2D eigenvalue weighted by Gasteiger charge is 2.28. The Labute approximate surface area is 121 Å². The van der Waals surface area contributed by atoms with Crippen LogP contribution in [0, 0.1) is 0 Å². The Morgan fingerprint density at radius 1 is 1.40 bits per heavy atom. The first-order valence-corrected chi connectivity index (χ1v) is 7.27. The van der Waals surface area contributed by atoms with Gasteiger partial charge >= 0.3 is 0 Å². The van der Waals surface area contributed by atoms with E-state index in [9.17, 15) is 5.11 Å². The van der Waals surface area contributed by atoms with Gasteiger partial charge in [-0.2, -0.15) is 0 Å². The van der Waals surface area contributed by atoms with Gasteiger partial charge in [0.15, 0.2) is 0 Å². The highest BCUT2D eigenvalue weighted by Crippen LogP contribution is 2.21. The van der Waals surface area contributed by atoms with E-state index < -0.39 is 6.10 Å². The fourth-order valence-electron chi connectivity index (χ4n) is 2.63. The number of morpholine rings is 1. The predicted molar refractivity (Wildman–Crippen MR) is 79.2 cm³/mol. The molecule has 1 aliphatic heterocycles. The minimum atomic E-state index is -0.507. The smallest absolute Gasteiger partial charge is 0.122 e. The maximum Gasteiger partial charge on any atom is 0.122 e. The summed E-state index contributed by atoms with van der Waals surface area (Å²) in [5.74, 6) is 0.822. The fraction of sp³-hybridized carbons (Fsp3) is 0.625. The molecule has 0 amide bonds. The number of aliphatic hydroxyl groups is 1. The summed E-state index contributed by atoms with van der Waals surface area (Å²) in [7, 11) is 1.66. The number of hydrogen-bond acceptors (Lipinski definition) is 4. The minimum absolute atomic E-state index is 0.129. The molecular formula is C16H25NO3. The van der Waals surface area contributed by atoms with E-state index in [0.29, 0.717) is 19.1 Å². The number of aliphatic hydroxyl groups excluding tert-OH is 1. The third kappa shape index (κ3) is 3.72. The van der Waals surface area contributed by atoms with Crippen LogP contribution in [0.5, 0.6) is 5.75 Å². The van der Waals surface area contributed by atoms with Crippen molar-refractivity contribution in [2.45, 2.75) is 38.5 Å². The lowest BCUT2D eigenvalue weighted by atomic mass is 10.0. The van der Waals surface area contributed by atoms with Gasteiger partial charge in [-0.15, -0.1) is 0 Å². The molecule has 2 unspecified atom stereocenters. The van der Waals surface area contributed by atoms with Crippen molar-refractivity contribution in [2.75, 3.05) is 26.8 Å². The molecule has 2 atom stereocenters. The molecule has 0 radical (unpaired) electrons. The molecule has 0 bridgehead atoms. The summed E-state index contributed by atoms with van der Waals surface area (Å²) < 4.78 is 11.1. The largest absolute Gasteiger partial charge is 0.496 e. The molecule has 0 aromatic heterocycles. The lowest BCUT2D eigenvalue weighted by Gasteiger charge is -2.37.